The molecule has 1 aliphatic heterocycles. The van der Waals surface area contributed by atoms with Crippen LogP contribution < -0.4 is 4.90 Å². The van der Waals surface area contributed by atoms with Crippen molar-refractivity contribution in [1.29, 1.82) is 0 Å². The van der Waals surface area contributed by atoms with Crippen molar-refractivity contribution in [2.45, 2.75) is 27.7 Å². The summed E-state index contributed by atoms with van der Waals surface area (Å²) in [7, 11) is 0. The SMILES string of the molecule is Cc1cccc(C)c1N=C1S/C(=C/c2ccc(-c3ccc(Cl)cc3)o2)C(=O)N1c1c(C)cccc1C. The maximum absolute atomic E-state index is 13.8. The van der Waals surface area contributed by atoms with E-state index in [2.05, 4.69) is 0 Å². The number of rotatable bonds is 4. The molecule has 5 rings (SSSR count). The van der Waals surface area contributed by atoms with E-state index in [9.17, 15) is 4.79 Å². The van der Waals surface area contributed by atoms with E-state index < -0.39 is 0 Å². The van der Waals surface area contributed by atoms with Gasteiger partial charge in [-0.1, -0.05) is 48.0 Å². The number of halogens is 1. The van der Waals surface area contributed by atoms with Crippen molar-refractivity contribution in [2.75, 3.05) is 4.90 Å². The lowest BCUT2D eigenvalue weighted by molar-refractivity contribution is -0.113. The molecule has 36 heavy (non-hydrogen) atoms. The maximum Gasteiger partial charge on any atom is 0.271 e. The Morgan fingerprint density at radius 2 is 1.44 bits per heavy atom. The van der Waals surface area contributed by atoms with Gasteiger partial charge in [0.25, 0.3) is 5.91 Å². The summed E-state index contributed by atoms with van der Waals surface area (Å²) in [5.74, 6) is 1.20. The zero-order valence-corrected chi connectivity index (χ0v) is 22.1. The number of thioether (sulfide) groups is 1. The van der Waals surface area contributed by atoms with Gasteiger partial charge in [-0.3, -0.25) is 9.69 Å². The van der Waals surface area contributed by atoms with Crippen molar-refractivity contribution in [3.63, 3.8) is 0 Å². The lowest BCUT2D eigenvalue weighted by Gasteiger charge is -2.21. The summed E-state index contributed by atoms with van der Waals surface area (Å²) >= 11 is 7.38. The highest BCUT2D eigenvalue weighted by Crippen LogP contribution is 2.41. The predicted molar refractivity (Wildman–Crippen MR) is 151 cm³/mol. The van der Waals surface area contributed by atoms with Crippen molar-refractivity contribution in [2.24, 2.45) is 4.99 Å². The second-order valence-corrected chi connectivity index (χ2v) is 10.3. The summed E-state index contributed by atoms with van der Waals surface area (Å²) in [6.07, 6.45) is 1.79. The molecule has 180 valence electrons. The highest BCUT2D eigenvalue weighted by molar-refractivity contribution is 8.19. The highest BCUT2D eigenvalue weighted by Gasteiger charge is 2.36. The molecule has 0 atom stereocenters. The number of hydrogen-bond acceptors (Lipinski definition) is 4. The van der Waals surface area contributed by atoms with Gasteiger partial charge in [-0.2, -0.15) is 0 Å². The van der Waals surface area contributed by atoms with E-state index in [0.717, 1.165) is 39.2 Å². The molecule has 1 fully saturated rings. The van der Waals surface area contributed by atoms with E-state index in [4.69, 9.17) is 21.0 Å². The molecule has 0 N–H and O–H groups in total. The maximum atomic E-state index is 13.8. The van der Waals surface area contributed by atoms with Gasteiger partial charge in [-0.05, 0) is 98.1 Å². The van der Waals surface area contributed by atoms with Crippen molar-refractivity contribution < 1.29 is 9.21 Å². The van der Waals surface area contributed by atoms with Crippen molar-refractivity contribution >= 4 is 51.9 Å². The largest absolute Gasteiger partial charge is 0.457 e. The average molecular weight is 513 g/mol. The number of carbonyl (C=O) groups is 1. The minimum Gasteiger partial charge on any atom is -0.457 e. The minimum atomic E-state index is -0.119. The molecular formula is C30H25ClN2O2S. The number of amides is 1. The molecule has 0 spiro atoms. The second kappa shape index (κ2) is 9.84. The molecule has 0 bridgehead atoms. The number of furan rings is 1. The van der Waals surface area contributed by atoms with Gasteiger partial charge < -0.3 is 4.42 Å². The number of anilines is 1. The zero-order valence-electron chi connectivity index (χ0n) is 20.5. The number of hydrogen-bond donors (Lipinski definition) is 0. The third-order valence-electron chi connectivity index (χ3n) is 6.15. The Kier molecular flexibility index (Phi) is 6.61. The zero-order chi connectivity index (χ0) is 25.4. The Bertz CT molecular complexity index is 1490. The molecule has 0 radical (unpaired) electrons. The van der Waals surface area contributed by atoms with Crippen LogP contribution in [0.25, 0.3) is 17.4 Å². The van der Waals surface area contributed by atoms with Gasteiger partial charge >= 0.3 is 0 Å². The number of nitrogens with zero attached hydrogens (tertiary/aromatic N) is 2. The van der Waals surface area contributed by atoms with E-state index in [1.54, 1.807) is 11.0 Å². The van der Waals surface area contributed by atoms with E-state index in [1.807, 2.05) is 100 Å². The smallest absolute Gasteiger partial charge is 0.271 e. The molecule has 1 amide bonds. The number of aryl methyl sites for hydroxylation is 4. The molecule has 0 saturated carbocycles. The molecule has 2 heterocycles. The summed E-state index contributed by atoms with van der Waals surface area (Å²) in [6, 6.07) is 23.4. The highest BCUT2D eigenvalue weighted by atomic mass is 35.5. The number of amidine groups is 1. The molecule has 3 aromatic carbocycles. The van der Waals surface area contributed by atoms with Crippen LogP contribution >= 0.6 is 23.4 Å². The number of para-hydroxylation sites is 2. The fourth-order valence-electron chi connectivity index (χ4n) is 4.31. The number of carbonyl (C=O) groups excluding carboxylic acids is 1. The van der Waals surface area contributed by atoms with Crippen LogP contribution in [0.4, 0.5) is 11.4 Å². The van der Waals surface area contributed by atoms with Crippen LogP contribution in [0.15, 0.2) is 87.1 Å². The normalized spacial score (nSPS) is 15.9. The first-order valence-electron chi connectivity index (χ1n) is 11.6. The Hall–Kier alpha value is -3.54. The van der Waals surface area contributed by atoms with E-state index in [0.29, 0.717) is 26.6 Å². The summed E-state index contributed by atoms with van der Waals surface area (Å²) in [6.45, 7) is 8.11. The predicted octanol–water partition coefficient (Wildman–Crippen LogP) is 8.64. The Morgan fingerprint density at radius 1 is 0.833 bits per heavy atom. The first-order chi connectivity index (χ1) is 17.3. The standard InChI is InChI=1S/C30H25ClN2O2S/c1-18-7-5-8-19(2)27(18)32-30-33(28-20(3)9-6-10-21(28)4)29(34)26(36-30)17-24-15-16-25(35-24)22-11-13-23(31)14-12-22/h5-17H,1-4H3/b26-17+,32-30?. The van der Waals surface area contributed by atoms with Crippen LogP contribution in [0.3, 0.4) is 0 Å². The third-order valence-corrected chi connectivity index (χ3v) is 7.37. The molecular weight excluding hydrogens is 488 g/mol. The molecule has 4 nitrogen and oxygen atoms in total. The van der Waals surface area contributed by atoms with Gasteiger partial charge in [0.15, 0.2) is 5.17 Å². The van der Waals surface area contributed by atoms with Crippen LogP contribution in [0.2, 0.25) is 5.02 Å². The van der Waals surface area contributed by atoms with Crippen LogP contribution in [0.1, 0.15) is 28.0 Å². The van der Waals surface area contributed by atoms with Crippen molar-refractivity contribution in [3.8, 4) is 11.3 Å². The molecule has 1 aromatic heterocycles. The van der Waals surface area contributed by atoms with Gasteiger partial charge in [0.2, 0.25) is 0 Å². The van der Waals surface area contributed by atoms with Gasteiger partial charge in [0, 0.05) is 16.7 Å². The van der Waals surface area contributed by atoms with Crippen LogP contribution in [0.5, 0.6) is 0 Å². The van der Waals surface area contributed by atoms with Gasteiger partial charge in [0.1, 0.15) is 11.5 Å². The summed E-state index contributed by atoms with van der Waals surface area (Å²) < 4.78 is 6.06. The summed E-state index contributed by atoms with van der Waals surface area (Å²) in [4.78, 5) is 21.1. The van der Waals surface area contributed by atoms with Crippen LogP contribution in [-0.4, -0.2) is 11.1 Å². The fourth-order valence-corrected chi connectivity index (χ4v) is 5.39. The molecule has 4 aromatic rings. The van der Waals surface area contributed by atoms with Crippen molar-refractivity contribution in [1.82, 2.24) is 0 Å². The lowest BCUT2D eigenvalue weighted by atomic mass is 10.1. The van der Waals surface area contributed by atoms with Gasteiger partial charge in [-0.25, -0.2) is 4.99 Å². The molecule has 1 saturated heterocycles. The molecule has 0 aliphatic carbocycles. The summed E-state index contributed by atoms with van der Waals surface area (Å²) in [5.41, 5.74) is 6.83. The number of aliphatic imine (C=N–C) groups is 1. The lowest BCUT2D eigenvalue weighted by Crippen LogP contribution is -2.30. The third kappa shape index (κ3) is 4.64. The Balaban J connectivity index is 1.58. The van der Waals surface area contributed by atoms with Gasteiger partial charge in [-0.15, -0.1) is 0 Å². The minimum absolute atomic E-state index is 0.119. The van der Waals surface area contributed by atoms with Gasteiger partial charge in [0.05, 0.1) is 16.3 Å². The first kappa shape index (κ1) is 24.2. The summed E-state index contributed by atoms with van der Waals surface area (Å²) in [5, 5.41) is 1.30. The quantitative estimate of drug-likeness (QED) is 0.257. The molecule has 1 aliphatic rings. The fraction of sp³-hybridized carbons (Fsp3) is 0.133. The Labute approximate surface area is 220 Å². The van der Waals surface area contributed by atoms with E-state index >= 15 is 0 Å². The number of benzene rings is 3. The average Bonchev–Trinajstić information content (AvgIpc) is 3.42. The molecule has 6 heteroatoms. The van der Waals surface area contributed by atoms with Crippen LogP contribution in [-0.2, 0) is 4.79 Å². The Morgan fingerprint density at radius 3 is 2.08 bits per heavy atom. The van der Waals surface area contributed by atoms with E-state index in [1.165, 1.54) is 11.8 Å². The topological polar surface area (TPSA) is 45.8 Å². The van der Waals surface area contributed by atoms with Crippen LogP contribution in [0, 0.1) is 27.7 Å². The first-order valence-corrected chi connectivity index (χ1v) is 12.8. The monoisotopic (exact) mass is 512 g/mol. The molecule has 0 unspecified atom stereocenters. The van der Waals surface area contributed by atoms with E-state index in [-0.39, 0.29) is 5.91 Å². The second-order valence-electron chi connectivity index (χ2n) is 8.84. The van der Waals surface area contributed by atoms with Crippen molar-refractivity contribution in [3.05, 3.63) is 111 Å².